The van der Waals surface area contributed by atoms with E-state index in [0.717, 1.165) is 106 Å². The summed E-state index contributed by atoms with van der Waals surface area (Å²) < 4.78 is 6.91. The summed E-state index contributed by atoms with van der Waals surface area (Å²) in [6.45, 7) is 0. The fraction of sp³-hybridized carbons (Fsp3) is 0. The van der Waals surface area contributed by atoms with E-state index in [2.05, 4.69) is 326 Å². The van der Waals surface area contributed by atoms with E-state index in [-0.39, 0.29) is 0 Å². The molecule has 0 saturated heterocycles. The van der Waals surface area contributed by atoms with Crippen LogP contribution in [0, 0.1) is 0 Å². The van der Waals surface area contributed by atoms with Crippen molar-refractivity contribution in [2.45, 2.75) is 0 Å². The average Bonchev–Trinajstić information content (AvgIpc) is 3.19. The molecule has 0 unspecified atom stereocenters. The molecule has 396 valence electrons. The standard InChI is InChI=1S/C75H51N9/c1-7-25-52(26-8-1)79(53-27-9-2-10-28-53)58-45-48-70-66(49-58)63-39-21-24-42-69(63)84(70)75-77-73(80(54-29-11-3-12-30-54)59-43-46-64-61-37-19-22-40-67(61)82(71(64)50-59)56-33-15-5-16-34-56)76-74(78-75)81(55-31-13-4-14-32-55)60-44-47-65-62-38-20-23-41-68(62)83(72(65)51-60)57-35-17-6-18-36-57/h1-51H. The Hall–Kier alpha value is -11.6. The fourth-order valence-electron chi connectivity index (χ4n) is 12.4. The first-order valence-corrected chi connectivity index (χ1v) is 28.3. The molecule has 0 bridgehead atoms. The van der Waals surface area contributed by atoms with Crippen LogP contribution in [0.1, 0.15) is 0 Å². The normalized spacial score (nSPS) is 11.6. The lowest BCUT2D eigenvalue weighted by Crippen LogP contribution is -2.20. The quantitative estimate of drug-likeness (QED) is 0.121. The molecule has 84 heavy (non-hydrogen) atoms. The van der Waals surface area contributed by atoms with E-state index in [4.69, 9.17) is 15.0 Å². The Morgan fingerprint density at radius 1 is 0.202 bits per heavy atom. The highest BCUT2D eigenvalue weighted by Crippen LogP contribution is 2.44. The van der Waals surface area contributed by atoms with Crippen molar-refractivity contribution in [2.75, 3.05) is 14.7 Å². The Balaban J connectivity index is 0.976. The maximum atomic E-state index is 5.72. The zero-order valence-electron chi connectivity index (χ0n) is 45.5. The number of para-hydroxylation sites is 9. The van der Waals surface area contributed by atoms with Crippen LogP contribution < -0.4 is 14.7 Å². The fourth-order valence-corrected chi connectivity index (χ4v) is 12.4. The van der Waals surface area contributed by atoms with Crippen LogP contribution in [0.4, 0.5) is 51.7 Å². The van der Waals surface area contributed by atoms with Gasteiger partial charge in [0.25, 0.3) is 0 Å². The van der Waals surface area contributed by atoms with Gasteiger partial charge >= 0.3 is 0 Å². The van der Waals surface area contributed by atoms with Gasteiger partial charge in [-0.3, -0.25) is 14.4 Å². The van der Waals surface area contributed by atoms with Crippen LogP contribution in [0.3, 0.4) is 0 Å². The Kier molecular flexibility index (Phi) is 11.6. The van der Waals surface area contributed by atoms with Gasteiger partial charge in [0.15, 0.2) is 0 Å². The van der Waals surface area contributed by atoms with Crippen molar-refractivity contribution in [3.63, 3.8) is 0 Å². The van der Waals surface area contributed by atoms with Crippen molar-refractivity contribution in [2.24, 2.45) is 0 Å². The second-order valence-corrected chi connectivity index (χ2v) is 20.9. The topological polar surface area (TPSA) is 63.2 Å². The van der Waals surface area contributed by atoms with Crippen molar-refractivity contribution >= 4 is 117 Å². The van der Waals surface area contributed by atoms with E-state index in [1.54, 1.807) is 0 Å². The summed E-state index contributed by atoms with van der Waals surface area (Å²) in [6.07, 6.45) is 0. The van der Waals surface area contributed by atoms with Gasteiger partial charge in [0.05, 0.1) is 44.5 Å². The number of hydrogen-bond acceptors (Lipinski definition) is 6. The Morgan fingerprint density at radius 3 is 0.940 bits per heavy atom. The molecule has 4 aromatic heterocycles. The van der Waals surface area contributed by atoms with E-state index < -0.39 is 0 Å². The molecule has 0 fully saturated rings. The minimum Gasteiger partial charge on any atom is -0.310 e. The number of rotatable bonds is 12. The summed E-state index contributed by atoms with van der Waals surface area (Å²) in [5.41, 5.74) is 15.1. The highest BCUT2D eigenvalue weighted by molar-refractivity contribution is 6.13. The molecular weight excluding hydrogens is 1030 g/mol. The maximum absolute atomic E-state index is 5.72. The van der Waals surface area contributed by atoms with Gasteiger partial charge in [0, 0.05) is 72.1 Å². The molecule has 0 aliphatic heterocycles. The molecule has 9 heteroatoms. The van der Waals surface area contributed by atoms with Gasteiger partial charge < -0.3 is 14.0 Å². The lowest BCUT2D eigenvalue weighted by Gasteiger charge is -2.28. The molecule has 0 saturated carbocycles. The zero-order valence-corrected chi connectivity index (χ0v) is 45.5. The van der Waals surface area contributed by atoms with Gasteiger partial charge in [-0.1, -0.05) is 176 Å². The predicted molar refractivity (Wildman–Crippen MR) is 347 cm³/mol. The third kappa shape index (κ3) is 8.13. The third-order valence-corrected chi connectivity index (χ3v) is 16.0. The molecule has 0 aliphatic rings. The first-order valence-electron chi connectivity index (χ1n) is 28.3. The molecule has 0 amide bonds. The van der Waals surface area contributed by atoms with Gasteiger partial charge in [-0.25, -0.2) is 0 Å². The largest absolute Gasteiger partial charge is 0.310 e. The second-order valence-electron chi connectivity index (χ2n) is 20.9. The highest BCUT2D eigenvalue weighted by Gasteiger charge is 2.27. The van der Waals surface area contributed by atoms with Crippen molar-refractivity contribution in [1.82, 2.24) is 28.7 Å². The lowest BCUT2D eigenvalue weighted by molar-refractivity contribution is 0.915. The van der Waals surface area contributed by atoms with Crippen molar-refractivity contribution in [3.8, 4) is 17.3 Å². The number of nitrogens with zero attached hydrogens (tertiary/aromatic N) is 9. The molecule has 0 spiro atoms. The number of anilines is 9. The summed E-state index contributed by atoms with van der Waals surface area (Å²) in [6, 6.07) is 109. The molecule has 0 N–H and O–H groups in total. The minimum atomic E-state index is 0.435. The van der Waals surface area contributed by atoms with Crippen LogP contribution in [0.5, 0.6) is 0 Å². The number of aromatic nitrogens is 6. The van der Waals surface area contributed by atoms with E-state index in [1.165, 1.54) is 10.8 Å². The monoisotopic (exact) mass is 1080 g/mol. The Labute approximate surface area is 484 Å². The summed E-state index contributed by atoms with van der Waals surface area (Å²) in [5, 5.41) is 6.75. The molecule has 9 nitrogen and oxygen atoms in total. The minimum absolute atomic E-state index is 0.435. The molecule has 4 heterocycles. The zero-order chi connectivity index (χ0) is 55.5. The number of fused-ring (bicyclic) bond motifs is 9. The van der Waals surface area contributed by atoms with Crippen LogP contribution in [0.2, 0.25) is 0 Å². The van der Waals surface area contributed by atoms with E-state index >= 15 is 0 Å². The van der Waals surface area contributed by atoms with Crippen molar-refractivity contribution < 1.29 is 0 Å². The van der Waals surface area contributed by atoms with Crippen LogP contribution in [-0.2, 0) is 0 Å². The lowest BCUT2D eigenvalue weighted by atomic mass is 10.1. The average molecular weight is 1080 g/mol. The van der Waals surface area contributed by atoms with Gasteiger partial charge in [0.2, 0.25) is 17.8 Å². The van der Waals surface area contributed by atoms with Crippen LogP contribution in [0.25, 0.3) is 82.7 Å². The van der Waals surface area contributed by atoms with E-state index in [0.29, 0.717) is 17.8 Å². The molecule has 0 radical (unpaired) electrons. The molecular formula is C75H51N9. The van der Waals surface area contributed by atoms with Crippen LogP contribution in [-0.4, -0.2) is 28.7 Å². The number of benzene rings is 12. The summed E-state index contributed by atoms with van der Waals surface area (Å²) in [4.78, 5) is 23.8. The first kappa shape index (κ1) is 48.4. The van der Waals surface area contributed by atoms with Gasteiger partial charge in [-0.2, -0.15) is 15.0 Å². The summed E-state index contributed by atoms with van der Waals surface area (Å²) in [5.74, 6) is 1.33. The third-order valence-electron chi connectivity index (χ3n) is 16.0. The summed E-state index contributed by atoms with van der Waals surface area (Å²) >= 11 is 0. The molecule has 16 rings (SSSR count). The second kappa shape index (κ2) is 20.2. The van der Waals surface area contributed by atoms with Crippen LogP contribution in [0.15, 0.2) is 309 Å². The predicted octanol–water partition coefficient (Wildman–Crippen LogP) is 19.6. The SMILES string of the molecule is c1ccc(N(c2ccccc2)c2ccc3c(c2)c2ccccc2n3-c2nc(N(c3ccccc3)c3ccc4c5ccccc5n(-c5ccccc5)c4c3)nc(N(c3ccccc3)c3ccc4c5ccccc5n(-c5ccccc5)c4c3)n2)cc1. The smallest absolute Gasteiger partial charge is 0.241 e. The Morgan fingerprint density at radius 2 is 0.512 bits per heavy atom. The van der Waals surface area contributed by atoms with Crippen LogP contribution >= 0.6 is 0 Å². The van der Waals surface area contributed by atoms with Gasteiger partial charge in [0.1, 0.15) is 0 Å². The van der Waals surface area contributed by atoms with E-state index in [1.807, 2.05) is 12.1 Å². The summed E-state index contributed by atoms with van der Waals surface area (Å²) in [7, 11) is 0. The van der Waals surface area contributed by atoms with Gasteiger partial charge in [-0.05, 0) is 133 Å². The molecule has 16 aromatic rings. The number of hydrogen-bond donors (Lipinski definition) is 0. The van der Waals surface area contributed by atoms with Gasteiger partial charge in [-0.15, -0.1) is 0 Å². The first-order chi connectivity index (χ1) is 41.7. The van der Waals surface area contributed by atoms with Crippen molar-refractivity contribution in [3.05, 3.63) is 309 Å². The van der Waals surface area contributed by atoms with E-state index in [9.17, 15) is 0 Å². The maximum Gasteiger partial charge on any atom is 0.241 e. The Bertz CT molecular complexity index is 4820. The molecule has 12 aromatic carbocycles. The van der Waals surface area contributed by atoms with Crippen molar-refractivity contribution in [1.29, 1.82) is 0 Å². The highest BCUT2D eigenvalue weighted by atomic mass is 15.4. The molecule has 0 aliphatic carbocycles. The molecule has 0 atom stereocenters.